The molecule has 43 heavy (non-hydrogen) atoms. The lowest BCUT2D eigenvalue weighted by molar-refractivity contribution is -0.145. The van der Waals surface area contributed by atoms with Crippen molar-refractivity contribution in [1.29, 1.82) is 0 Å². The van der Waals surface area contributed by atoms with Gasteiger partial charge in [0.15, 0.2) is 11.5 Å². The molecule has 1 aromatic heterocycles. The number of hydrogen-bond acceptors (Lipinski definition) is 7. The number of aryl methyl sites for hydroxylation is 1. The SMILES string of the molecule is CCCc1nc2c(n1Cc1cc(OC)c(OC(C(=O)O)c3ccccc3)c(OC)c1)CC(=NC(=O)C(C)C(C)C=O)C=C2. The number of ether oxygens (including phenoxy) is 3. The highest BCUT2D eigenvalue weighted by atomic mass is 16.6. The number of carbonyl (C=O) groups excluding carboxylic acids is 2. The van der Waals surface area contributed by atoms with E-state index >= 15 is 0 Å². The summed E-state index contributed by atoms with van der Waals surface area (Å²) in [5.41, 5.74) is 3.64. The largest absolute Gasteiger partial charge is 0.493 e. The van der Waals surface area contributed by atoms with Gasteiger partial charge in [0.25, 0.3) is 0 Å². The topological polar surface area (TPSA) is 129 Å². The Balaban J connectivity index is 1.69. The van der Waals surface area contributed by atoms with E-state index in [1.54, 1.807) is 62.4 Å². The highest BCUT2D eigenvalue weighted by Crippen LogP contribution is 2.41. The molecule has 0 spiro atoms. The van der Waals surface area contributed by atoms with E-state index in [9.17, 15) is 19.5 Å². The molecule has 1 heterocycles. The molecule has 3 aromatic rings. The second-order valence-electron chi connectivity index (χ2n) is 10.5. The molecule has 2 aromatic carbocycles. The maximum atomic E-state index is 12.7. The molecule has 1 N–H and O–H groups in total. The first-order chi connectivity index (χ1) is 20.7. The fourth-order valence-electron chi connectivity index (χ4n) is 4.88. The van der Waals surface area contributed by atoms with Crippen molar-refractivity contribution in [2.24, 2.45) is 16.8 Å². The number of methoxy groups -OCH3 is 2. The molecule has 0 bridgehead atoms. The number of amides is 1. The molecule has 10 nitrogen and oxygen atoms in total. The zero-order valence-corrected chi connectivity index (χ0v) is 25.1. The zero-order valence-electron chi connectivity index (χ0n) is 25.1. The van der Waals surface area contributed by atoms with Crippen LogP contribution in [0.5, 0.6) is 17.2 Å². The third-order valence-electron chi connectivity index (χ3n) is 7.51. The van der Waals surface area contributed by atoms with Crippen molar-refractivity contribution >= 4 is 30.0 Å². The van der Waals surface area contributed by atoms with Gasteiger partial charge in [-0.25, -0.2) is 14.8 Å². The third kappa shape index (κ3) is 7.02. The summed E-state index contributed by atoms with van der Waals surface area (Å²) in [7, 11) is 2.98. The summed E-state index contributed by atoms with van der Waals surface area (Å²) in [6, 6.07) is 12.3. The predicted octanol–water partition coefficient (Wildman–Crippen LogP) is 5.11. The van der Waals surface area contributed by atoms with E-state index < -0.39 is 23.9 Å². The first-order valence-electron chi connectivity index (χ1n) is 14.2. The molecule has 0 saturated carbocycles. The van der Waals surface area contributed by atoms with Crippen molar-refractivity contribution in [3.05, 3.63) is 76.9 Å². The van der Waals surface area contributed by atoms with Gasteiger partial charge in [-0.1, -0.05) is 51.1 Å². The molecule has 1 aliphatic rings. The van der Waals surface area contributed by atoms with Crippen LogP contribution >= 0.6 is 0 Å². The lowest BCUT2D eigenvalue weighted by Gasteiger charge is -2.21. The minimum Gasteiger partial charge on any atom is -0.493 e. The first-order valence-corrected chi connectivity index (χ1v) is 14.2. The van der Waals surface area contributed by atoms with Gasteiger partial charge in [0, 0.05) is 36.8 Å². The molecule has 3 unspecified atom stereocenters. The van der Waals surface area contributed by atoms with Gasteiger partial charge in [0.1, 0.15) is 12.1 Å². The number of rotatable bonds is 13. The molecular weight excluding hydrogens is 550 g/mol. The van der Waals surface area contributed by atoms with Gasteiger partial charge in [0.2, 0.25) is 17.8 Å². The van der Waals surface area contributed by atoms with E-state index in [-0.39, 0.29) is 11.7 Å². The Bertz CT molecular complexity index is 1520. The third-order valence-corrected chi connectivity index (χ3v) is 7.51. The Morgan fingerprint density at radius 1 is 1.09 bits per heavy atom. The molecule has 1 aliphatic carbocycles. The van der Waals surface area contributed by atoms with Crippen molar-refractivity contribution < 1.29 is 33.7 Å². The normalized spacial score (nSPS) is 15.3. The molecular formula is C33H37N3O7. The van der Waals surface area contributed by atoms with Gasteiger partial charge in [0.05, 0.1) is 31.3 Å². The van der Waals surface area contributed by atoms with Crippen LogP contribution in [0.3, 0.4) is 0 Å². The minimum absolute atomic E-state index is 0.181. The molecule has 4 rings (SSSR count). The average Bonchev–Trinajstić information content (AvgIpc) is 3.35. The summed E-state index contributed by atoms with van der Waals surface area (Å²) in [5.74, 6) is -0.680. The number of fused-ring (bicyclic) bond motifs is 1. The molecule has 226 valence electrons. The summed E-state index contributed by atoms with van der Waals surface area (Å²) < 4.78 is 19.4. The second kappa shape index (κ2) is 14.0. The minimum atomic E-state index is -1.27. The first kappa shape index (κ1) is 31.2. The van der Waals surface area contributed by atoms with E-state index in [2.05, 4.69) is 16.5 Å². The number of imidazole rings is 1. The van der Waals surface area contributed by atoms with Gasteiger partial charge in [-0.3, -0.25) is 4.79 Å². The predicted molar refractivity (Wildman–Crippen MR) is 162 cm³/mol. The fraction of sp³-hybridized carbons (Fsp3) is 0.364. The number of carboxylic acid groups (broad SMARTS) is 1. The highest BCUT2D eigenvalue weighted by Gasteiger charge is 2.27. The smallest absolute Gasteiger partial charge is 0.349 e. The molecule has 10 heteroatoms. The summed E-state index contributed by atoms with van der Waals surface area (Å²) in [6.45, 7) is 5.91. The van der Waals surface area contributed by atoms with Crippen LogP contribution in [0.4, 0.5) is 0 Å². The van der Waals surface area contributed by atoms with Crippen LogP contribution in [-0.2, 0) is 33.8 Å². The Morgan fingerprint density at radius 2 is 1.77 bits per heavy atom. The number of hydrogen-bond donors (Lipinski definition) is 1. The molecule has 3 atom stereocenters. The zero-order chi connectivity index (χ0) is 31.1. The molecule has 0 fully saturated rings. The van der Waals surface area contributed by atoms with Crippen LogP contribution in [0.1, 0.15) is 61.6 Å². The van der Waals surface area contributed by atoms with Crippen molar-refractivity contribution in [2.45, 2.75) is 52.7 Å². The van der Waals surface area contributed by atoms with Gasteiger partial charge >= 0.3 is 5.97 Å². The Hall–Kier alpha value is -4.73. The van der Waals surface area contributed by atoms with Crippen molar-refractivity contribution in [3.8, 4) is 17.2 Å². The van der Waals surface area contributed by atoms with Crippen molar-refractivity contribution in [2.75, 3.05) is 14.2 Å². The van der Waals surface area contributed by atoms with E-state index in [0.717, 1.165) is 41.9 Å². The lowest BCUT2D eigenvalue weighted by Crippen LogP contribution is -2.21. The quantitative estimate of drug-likeness (QED) is 0.273. The number of benzene rings is 2. The molecule has 0 saturated heterocycles. The summed E-state index contributed by atoms with van der Waals surface area (Å²) in [5, 5.41) is 9.91. The van der Waals surface area contributed by atoms with Crippen LogP contribution in [0.25, 0.3) is 6.08 Å². The Labute approximate surface area is 251 Å². The van der Waals surface area contributed by atoms with Crippen LogP contribution in [-0.4, -0.2) is 52.8 Å². The van der Waals surface area contributed by atoms with Crippen LogP contribution in [0.15, 0.2) is 53.5 Å². The number of aromatic nitrogens is 2. The van der Waals surface area contributed by atoms with E-state index in [1.165, 1.54) is 14.2 Å². The summed E-state index contributed by atoms with van der Waals surface area (Å²) in [6.07, 6.45) is 5.20. The number of aliphatic imine (C=N–C) groups is 1. The van der Waals surface area contributed by atoms with E-state index in [4.69, 9.17) is 19.2 Å². The number of nitrogens with zero attached hydrogens (tertiary/aromatic N) is 3. The monoisotopic (exact) mass is 587 g/mol. The van der Waals surface area contributed by atoms with Gasteiger partial charge in [-0.2, -0.15) is 0 Å². The van der Waals surface area contributed by atoms with Crippen LogP contribution in [0.2, 0.25) is 0 Å². The number of aliphatic carboxylic acids is 1. The highest BCUT2D eigenvalue weighted by molar-refractivity contribution is 6.07. The van der Waals surface area contributed by atoms with Crippen LogP contribution < -0.4 is 14.2 Å². The standard InChI is InChI=1S/C33H37N3O7/c1-6-10-29-35-25-14-13-24(34-32(38)21(3)20(2)19-37)17-26(25)36(29)18-22-15-27(41-4)31(28(16-22)42-5)43-30(33(39)40)23-11-8-7-9-12-23/h7-9,11-16,19-21,30H,6,10,17-18H2,1-5H3,(H,39,40). The Morgan fingerprint density at radius 3 is 2.35 bits per heavy atom. The molecule has 0 radical (unpaired) electrons. The second-order valence-corrected chi connectivity index (χ2v) is 10.5. The van der Waals surface area contributed by atoms with Gasteiger partial charge < -0.3 is 28.7 Å². The van der Waals surface area contributed by atoms with Gasteiger partial charge in [-0.15, -0.1) is 0 Å². The maximum absolute atomic E-state index is 12.7. The molecule has 0 aliphatic heterocycles. The molecule has 1 amide bonds. The van der Waals surface area contributed by atoms with E-state index in [1.807, 2.05) is 6.08 Å². The Kier molecular flexibility index (Phi) is 10.1. The summed E-state index contributed by atoms with van der Waals surface area (Å²) >= 11 is 0. The number of carboxylic acids is 1. The van der Waals surface area contributed by atoms with Crippen molar-refractivity contribution in [3.63, 3.8) is 0 Å². The average molecular weight is 588 g/mol. The van der Waals surface area contributed by atoms with Gasteiger partial charge in [-0.05, 0) is 36.3 Å². The fourth-order valence-corrected chi connectivity index (χ4v) is 4.88. The number of allylic oxidation sites excluding steroid dienone is 1. The number of aldehydes is 1. The lowest BCUT2D eigenvalue weighted by atomic mass is 9.96. The van der Waals surface area contributed by atoms with Crippen molar-refractivity contribution in [1.82, 2.24) is 9.55 Å². The summed E-state index contributed by atoms with van der Waals surface area (Å²) in [4.78, 5) is 45.2. The number of carbonyl (C=O) groups is 3. The van der Waals surface area contributed by atoms with E-state index in [0.29, 0.717) is 35.7 Å². The van der Waals surface area contributed by atoms with Crippen LogP contribution in [0, 0.1) is 11.8 Å². The maximum Gasteiger partial charge on any atom is 0.349 e.